The number of anilines is 1. The van der Waals surface area contributed by atoms with Crippen molar-refractivity contribution in [2.75, 3.05) is 5.32 Å². The summed E-state index contributed by atoms with van der Waals surface area (Å²) in [6.07, 6.45) is 5.04. The highest BCUT2D eigenvalue weighted by Gasteiger charge is 2.24. The molecule has 1 saturated carbocycles. The van der Waals surface area contributed by atoms with Crippen LogP contribution in [0.1, 0.15) is 19.3 Å². The van der Waals surface area contributed by atoms with Crippen molar-refractivity contribution < 1.29 is 4.79 Å². The Morgan fingerprint density at radius 3 is 2.61 bits per heavy atom. The number of hydrogen-bond donors (Lipinski definition) is 1. The molecule has 0 unspecified atom stereocenters. The van der Waals surface area contributed by atoms with E-state index in [0.29, 0.717) is 0 Å². The van der Waals surface area contributed by atoms with E-state index in [1.54, 1.807) is 17.5 Å². The van der Waals surface area contributed by atoms with Crippen LogP contribution in [-0.4, -0.2) is 10.9 Å². The second-order valence-electron chi connectivity index (χ2n) is 4.53. The van der Waals surface area contributed by atoms with E-state index in [4.69, 9.17) is 0 Å². The number of hydrogen-bond acceptors (Lipinski definition) is 3. The molecule has 1 heterocycles. The Labute approximate surface area is 110 Å². The van der Waals surface area contributed by atoms with Crippen molar-refractivity contribution >= 4 is 22.9 Å². The lowest BCUT2D eigenvalue weighted by Gasteiger charge is -2.24. The maximum absolute atomic E-state index is 11.8. The first-order chi connectivity index (χ1) is 8.83. The molecule has 0 spiro atoms. The number of aromatic nitrogens is 1. The van der Waals surface area contributed by atoms with Crippen molar-refractivity contribution in [1.82, 2.24) is 4.98 Å². The van der Waals surface area contributed by atoms with Crippen LogP contribution in [0.3, 0.4) is 0 Å². The fourth-order valence-electron chi connectivity index (χ4n) is 1.98. The first-order valence-corrected chi connectivity index (χ1v) is 7.02. The summed E-state index contributed by atoms with van der Waals surface area (Å²) >= 11 is 1.61. The molecule has 1 fully saturated rings. The smallest absolute Gasteiger partial charge is 0.227 e. The number of amides is 1. The maximum Gasteiger partial charge on any atom is 0.227 e. The average Bonchev–Trinajstić information content (AvgIpc) is 2.81. The molecule has 0 radical (unpaired) electrons. The summed E-state index contributed by atoms with van der Waals surface area (Å²) in [5, 5.41) is 5.93. The van der Waals surface area contributed by atoms with Crippen molar-refractivity contribution in [1.29, 1.82) is 0 Å². The van der Waals surface area contributed by atoms with Crippen LogP contribution >= 0.6 is 11.3 Å². The van der Waals surface area contributed by atoms with E-state index in [2.05, 4.69) is 10.3 Å². The molecule has 18 heavy (non-hydrogen) atoms. The SMILES string of the molecule is O=C(Nc1ccc(-c2nccs2)cc1)C1CCC1. The van der Waals surface area contributed by atoms with Crippen LogP contribution in [-0.2, 0) is 4.79 Å². The summed E-state index contributed by atoms with van der Waals surface area (Å²) in [6, 6.07) is 7.87. The Hall–Kier alpha value is -1.68. The van der Waals surface area contributed by atoms with Gasteiger partial charge < -0.3 is 5.32 Å². The third-order valence-electron chi connectivity index (χ3n) is 3.31. The Kier molecular flexibility index (Phi) is 3.11. The van der Waals surface area contributed by atoms with Crippen LogP contribution in [0.4, 0.5) is 5.69 Å². The molecular weight excluding hydrogens is 244 g/mol. The fraction of sp³-hybridized carbons (Fsp3) is 0.286. The van der Waals surface area contributed by atoms with Crippen molar-refractivity contribution in [3.63, 3.8) is 0 Å². The largest absolute Gasteiger partial charge is 0.326 e. The zero-order valence-electron chi connectivity index (χ0n) is 9.93. The summed E-state index contributed by atoms with van der Waals surface area (Å²) in [5.74, 6) is 0.381. The van der Waals surface area contributed by atoms with Gasteiger partial charge in [-0.3, -0.25) is 4.79 Å². The highest BCUT2D eigenvalue weighted by atomic mass is 32.1. The number of carbonyl (C=O) groups excluding carboxylic acids is 1. The lowest BCUT2D eigenvalue weighted by Crippen LogP contribution is -2.27. The molecular formula is C14H14N2OS. The first-order valence-electron chi connectivity index (χ1n) is 6.14. The Morgan fingerprint density at radius 2 is 2.06 bits per heavy atom. The van der Waals surface area contributed by atoms with Gasteiger partial charge in [-0.1, -0.05) is 6.42 Å². The zero-order valence-corrected chi connectivity index (χ0v) is 10.7. The summed E-state index contributed by atoms with van der Waals surface area (Å²) < 4.78 is 0. The molecule has 1 aliphatic rings. The van der Waals surface area contributed by atoms with Crippen LogP contribution in [0.2, 0.25) is 0 Å². The number of nitrogens with zero attached hydrogens (tertiary/aromatic N) is 1. The van der Waals surface area contributed by atoms with E-state index in [0.717, 1.165) is 29.1 Å². The highest BCUT2D eigenvalue weighted by molar-refractivity contribution is 7.13. The fourth-order valence-corrected chi connectivity index (χ4v) is 2.62. The van der Waals surface area contributed by atoms with E-state index in [1.165, 1.54) is 6.42 Å². The van der Waals surface area contributed by atoms with Crippen molar-refractivity contribution in [3.8, 4) is 10.6 Å². The molecule has 1 amide bonds. The van der Waals surface area contributed by atoms with Gasteiger partial charge in [-0.15, -0.1) is 11.3 Å². The van der Waals surface area contributed by atoms with Gasteiger partial charge in [0.25, 0.3) is 0 Å². The molecule has 0 atom stereocenters. The average molecular weight is 258 g/mol. The van der Waals surface area contributed by atoms with E-state index < -0.39 is 0 Å². The minimum Gasteiger partial charge on any atom is -0.326 e. The topological polar surface area (TPSA) is 42.0 Å². The first kappa shape index (κ1) is 11.4. The second-order valence-corrected chi connectivity index (χ2v) is 5.43. The van der Waals surface area contributed by atoms with Crippen LogP contribution in [0, 0.1) is 5.92 Å². The maximum atomic E-state index is 11.8. The lowest BCUT2D eigenvalue weighted by atomic mass is 9.85. The second kappa shape index (κ2) is 4.90. The monoisotopic (exact) mass is 258 g/mol. The molecule has 92 valence electrons. The van der Waals surface area contributed by atoms with Crippen LogP contribution in [0.15, 0.2) is 35.8 Å². The Balaban J connectivity index is 1.69. The van der Waals surface area contributed by atoms with E-state index in [1.807, 2.05) is 29.6 Å². The van der Waals surface area contributed by atoms with Gasteiger partial charge in [-0.25, -0.2) is 4.98 Å². The number of nitrogens with one attached hydrogen (secondary N) is 1. The third-order valence-corrected chi connectivity index (χ3v) is 4.13. The lowest BCUT2D eigenvalue weighted by molar-refractivity contribution is -0.122. The molecule has 1 aliphatic carbocycles. The molecule has 3 nitrogen and oxygen atoms in total. The predicted octanol–water partition coefficient (Wildman–Crippen LogP) is 3.55. The highest BCUT2D eigenvalue weighted by Crippen LogP contribution is 2.28. The molecule has 3 rings (SSSR count). The summed E-state index contributed by atoms with van der Waals surface area (Å²) in [6.45, 7) is 0. The molecule has 1 N–H and O–H groups in total. The van der Waals surface area contributed by atoms with Gasteiger partial charge in [0.1, 0.15) is 5.01 Å². The molecule has 4 heteroatoms. The quantitative estimate of drug-likeness (QED) is 0.914. The van der Waals surface area contributed by atoms with Crippen LogP contribution < -0.4 is 5.32 Å². The minimum atomic E-state index is 0.156. The van der Waals surface area contributed by atoms with Gasteiger partial charge in [0.2, 0.25) is 5.91 Å². The molecule has 1 aromatic heterocycles. The van der Waals surface area contributed by atoms with Gasteiger partial charge in [0.15, 0.2) is 0 Å². The van der Waals surface area contributed by atoms with Gasteiger partial charge in [0.05, 0.1) is 0 Å². The van der Waals surface area contributed by atoms with E-state index in [9.17, 15) is 4.79 Å². The minimum absolute atomic E-state index is 0.156. The molecule has 2 aromatic rings. The van der Waals surface area contributed by atoms with Crippen molar-refractivity contribution in [2.24, 2.45) is 5.92 Å². The third kappa shape index (κ3) is 2.29. The molecule has 0 aliphatic heterocycles. The molecule has 1 aromatic carbocycles. The van der Waals surface area contributed by atoms with Gasteiger partial charge in [-0.2, -0.15) is 0 Å². The zero-order chi connectivity index (χ0) is 12.4. The Bertz CT molecular complexity index is 529. The predicted molar refractivity (Wildman–Crippen MR) is 73.5 cm³/mol. The molecule has 0 bridgehead atoms. The van der Waals surface area contributed by atoms with Crippen molar-refractivity contribution in [2.45, 2.75) is 19.3 Å². The van der Waals surface area contributed by atoms with Crippen LogP contribution in [0.5, 0.6) is 0 Å². The van der Waals surface area contributed by atoms with E-state index in [-0.39, 0.29) is 11.8 Å². The number of rotatable bonds is 3. The van der Waals surface area contributed by atoms with Crippen molar-refractivity contribution in [3.05, 3.63) is 35.8 Å². The van der Waals surface area contributed by atoms with Crippen LogP contribution in [0.25, 0.3) is 10.6 Å². The summed E-state index contributed by atoms with van der Waals surface area (Å²) in [4.78, 5) is 16.0. The number of carbonyl (C=O) groups is 1. The normalized spacial score (nSPS) is 15.1. The summed E-state index contributed by atoms with van der Waals surface area (Å²) in [5.41, 5.74) is 1.96. The van der Waals surface area contributed by atoms with Gasteiger partial charge in [0, 0.05) is 28.7 Å². The van der Waals surface area contributed by atoms with E-state index >= 15 is 0 Å². The van der Waals surface area contributed by atoms with Gasteiger partial charge in [-0.05, 0) is 37.1 Å². The number of thiazole rings is 1. The Morgan fingerprint density at radius 1 is 1.28 bits per heavy atom. The standard InChI is InChI=1S/C14H14N2OS/c17-13(10-2-1-3-10)16-12-6-4-11(5-7-12)14-15-8-9-18-14/h4-10H,1-3H2,(H,16,17). The molecule has 0 saturated heterocycles. The summed E-state index contributed by atoms with van der Waals surface area (Å²) in [7, 11) is 0. The van der Waals surface area contributed by atoms with Gasteiger partial charge >= 0.3 is 0 Å². The number of benzene rings is 1.